The summed E-state index contributed by atoms with van der Waals surface area (Å²) in [4.78, 5) is 11.9. The van der Waals surface area contributed by atoms with Crippen molar-refractivity contribution in [3.8, 4) is 0 Å². The van der Waals surface area contributed by atoms with Gasteiger partial charge in [0, 0.05) is 25.9 Å². The number of rotatable bonds is 8. The molecule has 19 heavy (non-hydrogen) atoms. The van der Waals surface area contributed by atoms with Gasteiger partial charge in [-0.2, -0.15) is 0 Å². The van der Waals surface area contributed by atoms with E-state index in [1.165, 1.54) is 0 Å². The van der Waals surface area contributed by atoms with Crippen LogP contribution in [0, 0.1) is 6.92 Å². The normalized spacial score (nSPS) is 10.4. The zero-order valence-corrected chi connectivity index (χ0v) is 11.6. The standard InChI is InChI=1S/C14H22N2O3/c1-11-5-3-6-12(13(11)15)14(17)16-7-4-8-19-10-9-18-2/h3,5-6H,4,7-10,15H2,1-2H3,(H,16,17). The second-order valence-electron chi connectivity index (χ2n) is 4.25. The van der Waals surface area contributed by atoms with E-state index in [0.717, 1.165) is 12.0 Å². The summed E-state index contributed by atoms with van der Waals surface area (Å²) in [6, 6.07) is 5.44. The summed E-state index contributed by atoms with van der Waals surface area (Å²) in [6.45, 7) is 4.23. The number of nitrogens with two attached hydrogens (primary N) is 1. The molecule has 1 aromatic carbocycles. The van der Waals surface area contributed by atoms with E-state index in [0.29, 0.717) is 37.6 Å². The number of methoxy groups -OCH3 is 1. The van der Waals surface area contributed by atoms with E-state index in [4.69, 9.17) is 15.2 Å². The highest BCUT2D eigenvalue weighted by Gasteiger charge is 2.09. The third-order valence-electron chi connectivity index (χ3n) is 2.75. The molecule has 0 aliphatic heterocycles. The lowest BCUT2D eigenvalue weighted by atomic mass is 10.1. The topological polar surface area (TPSA) is 73.6 Å². The lowest BCUT2D eigenvalue weighted by Crippen LogP contribution is -2.26. The van der Waals surface area contributed by atoms with Crippen molar-refractivity contribution in [1.82, 2.24) is 5.32 Å². The maximum absolute atomic E-state index is 11.9. The number of anilines is 1. The Morgan fingerprint density at radius 3 is 2.84 bits per heavy atom. The molecule has 1 amide bonds. The average Bonchev–Trinajstić information content (AvgIpc) is 2.40. The first-order valence-electron chi connectivity index (χ1n) is 6.36. The van der Waals surface area contributed by atoms with Crippen LogP contribution in [0.5, 0.6) is 0 Å². The third kappa shape index (κ3) is 5.28. The molecule has 0 spiro atoms. The van der Waals surface area contributed by atoms with Gasteiger partial charge >= 0.3 is 0 Å². The highest BCUT2D eigenvalue weighted by Crippen LogP contribution is 2.15. The van der Waals surface area contributed by atoms with E-state index < -0.39 is 0 Å². The van der Waals surface area contributed by atoms with Crippen LogP contribution in [0.1, 0.15) is 22.3 Å². The fraction of sp³-hybridized carbons (Fsp3) is 0.500. The highest BCUT2D eigenvalue weighted by molar-refractivity contribution is 5.99. The first kappa shape index (κ1) is 15.5. The number of benzene rings is 1. The number of para-hydroxylation sites is 1. The SMILES string of the molecule is COCCOCCCNC(=O)c1cccc(C)c1N. The van der Waals surface area contributed by atoms with Crippen LogP contribution in [0.2, 0.25) is 0 Å². The minimum atomic E-state index is -0.141. The van der Waals surface area contributed by atoms with E-state index in [2.05, 4.69) is 5.32 Å². The molecule has 0 saturated heterocycles. The van der Waals surface area contributed by atoms with E-state index in [1.807, 2.05) is 19.1 Å². The first-order chi connectivity index (χ1) is 9.16. The van der Waals surface area contributed by atoms with Crippen LogP contribution in [0.3, 0.4) is 0 Å². The lowest BCUT2D eigenvalue weighted by Gasteiger charge is -2.09. The molecule has 0 atom stereocenters. The van der Waals surface area contributed by atoms with E-state index in [-0.39, 0.29) is 5.91 Å². The zero-order chi connectivity index (χ0) is 14.1. The van der Waals surface area contributed by atoms with Crippen LogP contribution in [0.15, 0.2) is 18.2 Å². The van der Waals surface area contributed by atoms with Crippen LogP contribution in [0.4, 0.5) is 5.69 Å². The van der Waals surface area contributed by atoms with E-state index >= 15 is 0 Å². The first-order valence-corrected chi connectivity index (χ1v) is 6.36. The summed E-state index contributed by atoms with van der Waals surface area (Å²) in [7, 11) is 1.63. The maximum atomic E-state index is 11.9. The molecular weight excluding hydrogens is 244 g/mol. The van der Waals surface area contributed by atoms with Crippen LogP contribution in [0.25, 0.3) is 0 Å². The number of carbonyl (C=O) groups excluding carboxylic acids is 1. The molecule has 1 rings (SSSR count). The van der Waals surface area contributed by atoms with Crippen molar-refractivity contribution >= 4 is 11.6 Å². The van der Waals surface area contributed by atoms with Gasteiger partial charge in [0.2, 0.25) is 0 Å². The monoisotopic (exact) mass is 266 g/mol. The predicted octanol–water partition coefficient (Wildman–Crippen LogP) is 1.36. The molecule has 0 saturated carbocycles. The fourth-order valence-corrected chi connectivity index (χ4v) is 1.59. The molecule has 0 radical (unpaired) electrons. The Morgan fingerprint density at radius 2 is 2.11 bits per heavy atom. The zero-order valence-electron chi connectivity index (χ0n) is 11.6. The molecule has 5 nitrogen and oxygen atoms in total. The van der Waals surface area contributed by atoms with Crippen LogP contribution in [-0.2, 0) is 9.47 Å². The van der Waals surface area contributed by atoms with Crippen molar-refractivity contribution in [2.24, 2.45) is 0 Å². The van der Waals surface area contributed by atoms with Crippen molar-refractivity contribution < 1.29 is 14.3 Å². The van der Waals surface area contributed by atoms with Gasteiger partial charge in [-0.15, -0.1) is 0 Å². The molecule has 3 N–H and O–H groups in total. The molecule has 0 aliphatic rings. The van der Waals surface area contributed by atoms with Crippen LogP contribution < -0.4 is 11.1 Å². The van der Waals surface area contributed by atoms with Crippen molar-refractivity contribution in [1.29, 1.82) is 0 Å². The summed E-state index contributed by atoms with van der Waals surface area (Å²) in [6.07, 6.45) is 0.765. The molecule has 0 unspecified atom stereocenters. The van der Waals surface area contributed by atoms with Gasteiger partial charge in [0.15, 0.2) is 0 Å². The van der Waals surface area contributed by atoms with Gasteiger partial charge in [0.1, 0.15) is 0 Å². The largest absolute Gasteiger partial charge is 0.398 e. The number of nitrogen functional groups attached to an aromatic ring is 1. The third-order valence-corrected chi connectivity index (χ3v) is 2.75. The van der Waals surface area contributed by atoms with Gasteiger partial charge in [-0.3, -0.25) is 4.79 Å². The summed E-state index contributed by atoms with van der Waals surface area (Å²) in [5.74, 6) is -0.141. The van der Waals surface area contributed by atoms with Gasteiger partial charge in [0.05, 0.1) is 18.8 Å². The van der Waals surface area contributed by atoms with Crippen LogP contribution in [-0.4, -0.2) is 39.4 Å². The Hall–Kier alpha value is -1.59. The van der Waals surface area contributed by atoms with Gasteiger partial charge < -0.3 is 20.5 Å². The number of nitrogens with one attached hydrogen (secondary N) is 1. The van der Waals surface area contributed by atoms with Crippen molar-refractivity contribution in [2.45, 2.75) is 13.3 Å². The number of ether oxygens (including phenoxy) is 2. The van der Waals surface area contributed by atoms with Gasteiger partial charge in [0.25, 0.3) is 5.91 Å². The van der Waals surface area contributed by atoms with Crippen LogP contribution >= 0.6 is 0 Å². The maximum Gasteiger partial charge on any atom is 0.253 e. The number of hydrogen-bond donors (Lipinski definition) is 2. The van der Waals surface area contributed by atoms with E-state index in [9.17, 15) is 4.79 Å². The molecule has 0 aromatic heterocycles. The molecule has 0 bridgehead atoms. The Balaban J connectivity index is 2.26. The van der Waals surface area contributed by atoms with Crippen molar-refractivity contribution in [3.63, 3.8) is 0 Å². The number of amides is 1. The summed E-state index contributed by atoms with van der Waals surface area (Å²) < 4.78 is 10.2. The molecule has 5 heteroatoms. The van der Waals surface area contributed by atoms with Crippen molar-refractivity contribution in [3.05, 3.63) is 29.3 Å². The Morgan fingerprint density at radius 1 is 1.32 bits per heavy atom. The number of aryl methyl sites for hydroxylation is 1. The predicted molar refractivity (Wildman–Crippen MR) is 75.2 cm³/mol. The molecule has 106 valence electrons. The summed E-state index contributed by atoms with van der Waals surface area (Å²) in [5, 5.41) is 2.83. The molecule has 0 aliphatic carbocycles. The second-order valence-corrected chi connectivity index (χ2v) is 4.25. The molecule has 1 aromatic rings. The minimum absolute atomic E-state index is 0.141. The molecule has 0 heterocycles. The minimum Gasteiger partial charge on any atom is -0.398 e. The quantitative estimate of drug-likeness (QED) is 0.550. The fourth-order valence-electron chi connectivity index (χ4n) is 1.59. The van der Waals surface area contributed by atoms with E-state index in [1.54, 1.807) is 13.2 Å². The Bertz CT molecular complexity index is 408. The van der Waals surface area contributed by atoms with Gasteiger partial charge in [-0.25, -0.2) is 0 Å². The van der Waals surface area contributed by atoms with Gasteiger partial charge in [-0.1, -0.05) is 12.1 Å². The number of hydrogen-bond acceptors (Lipinski definition) is 4. The smallest absolute Gasteiger partial charge is 0.253 e. The van der Waals surface area contributed by atoms with Gasteiger partial charge in [-0.05, 0) is 25.0 Å². The number of carbonyl (C=O) groups is 1. The highest BCUT2D eigenvalue weighted by atomic mass is 16.5. The second kappa shape index (κ2) is 8.50. The Kier molecular flexibility index (Phi) is 6.92. The molecular formula is C14H22N2O3. The lowest BCUT2D eigenvalue weighted by molar-refractivity contribution is 0.0688. The summed E-state index contributed by atoms with van der Waals surface area (Å²) in [5.41, 5.74) is 7.85. The Labute approximate surface area is 114 Å². The summed E-state index contributed by atoms with van der Waals surface area (Å²) >= 11 is 0. The average molecular weight is 266 g/mol. The van der Waals surface area contributed by atoms with Crippen molar-refractivity contribution in [2.75, 3.05) is 39.2 Å². The molecule has 0 fully saturated rings.